The van der Waals surface area contributed by atoms with Gasteiger partial charge in [0.25, 0.3) is 5.91 Å². The first-order valence-corrected chi connectivity index (χ1v) is 7.59. The van der Waals surface area contributed by atoms with Crippen LogP contribution in [-0.4, -0.2) is 22.5 Å². The third-order valence-electron chi connectivity index (χ3n) is 3.91. The van der Waals surface area contributed by atoms with E-state index in [-0.39, 0.29) is 11.3 Å². The van der Waals surface area contributed by atoms with Crippen molar-refractivity contribution >= 4 is 16.8 Å². The van der Waals surface area contributed by atoms with E-state index in [2.05, 4.69) is 10.3 Å². The number of carbonyl (C=O) groups is 1. The molecule has 0 atom stereocenters. The summed E-state index contributed by atoms with van der Waals surface area (Å²) in [6, 6.07) is 9.08. The van der Waals surface area contributed by atoms with E-state index < -0.39 is 17.6 Å². The molecule has 0 saturated carbocycles. The molecule has 0 bridgehead atoms. The number of halogens is 3. The predicted molar refractivity (Wildman–Crippen MR) is 87.4 cm³/mol. The van der Waals surface area contributed by atoms with Crippen molar-refractivity contribution in [2.75, 3.05) is 6.54 Å². The maximum atomic E-state index is 12.5. The van der Waals surface area contributed by atoms with Crippen LogP contribution in [0.2, 0.25) is 0 Å². The van der Waals surface area contributed by atoms with E-state index in [4.69, 9.17) is 0 Å². The van der Waals surface area contributed by atoms with Gasteiger partial charge in [-0.15, -0.1) is 0 Å². The van der Waals surface area contributed by atoms with Gasteiger partial charge in [0.1, 0.15) is 5.75 Å². The fourth-order valence-corrected chi connectivity index (χ4v) is 2.60. The highest BCUT2D eigenvalue weighted by Gasteiger charge is 2.30. The molecule has 4 nitrogen and oxygen atoms in total. The van der Waals surface area contributed by atoms with Gasteiger partial charge in [0.05, 0.1) is 5.56 Å². The number of rotatable bonds is 4. The second-order valence-electron chi connectivity index (χ2n) is 5.62. The van der Waals surface area contributed by atoms with Crippen LogP contribution in [0.3, 0.4) is 0 Å². The number of carbonyl (C=O) groups excluding carboxylic acids is 1. The summed E-state index contributed by atoms with van der Waals surface area (Å²) in [5.74, 6) is -0.261. The lowest BCUT2D eigenvalue weighted by Crippen LogP contribution is -2.25. The molecule has 0 fully saturated rings. The topological polar surface area (TPSA) is 65.1 Å². The van der Waals surface area contributed by atoms with Gasteiger partial charge in [0.15, 0.2) is 0 Å². The van der Waals surface area contributed by atoms with Gasteiger partial charge in [-0.25, -0.2) is 0 Å². The number of hydrogen-bond acceptors (Lipinski definition) is 2. The molecule has 0 saturated heterocycles. The van der Waals surface area contributed by atoms with Gasteiger partial charge in [-0.3, -0.25) is 4.79 Å². The number of H-pyrrole nitrogens is 1. The van der Waals surface area contributed by atoms with Crippen molar-refractivity contribution in [2.24, 2.45) is 0 Å². The third kappa shape index (κ3) is 3.76. The van der Waals surface area contributed by atoms with Crippen molar-refractivity contribution < 1.29 is 23.1 Å². The average molecular weight is 348 g/mol. The van der Waals surface area contributed by atoms with Crippen LogP contribution in [0.5, 0.6) is 5.75 Å². The number of aromatic hydroxyl groups is 1. The van der Waals surface area contributed by atoms with Gasteiger partial charge in [-0.1, -0.05) is 0 Å². The molecule has 0 radical (unpaired) electrons. The first kappa shape index (κ1) is 16.9. The van der Waals surface area contributed by atoms with E-state index in [9.17, 15) is 23.1 Å². The van der Waals surface area contributed by atoms with Crippen LogP contribution in [-0.2, 0) is 12.6 Å². The summed E-state index contributed by atoms with van der Waals surface area (Å²) in [4.78, 5) is 15.0. The van der Waals surface area contributed by atoms with Gasteiger partial charge in [-0.05, 0) is 48.4 Å². The summed E-state index contributed by atoms with van der Waals surface area (Å²) in [6.45, 7) is 0.341. The van der Waals surface area contributed by atoms with Gasteiger partial charge < -0.3 is 15.4 Å². The molecule has 1 aromatic heterocycles. The number of fused-ring (bicyclic) bond motifs is 1. The summed E-state index contributed by atoms with van der Waals surface area (Å²) in [7, 11) is 0. The van der Waals surface area contributed by atoms with E-state index >= 15 is 0 Å². The maximum Gasteiger partial charge on any atom is 0.416 e. The van der Waals surface area contributed by atoms with E-state index in [0.717, 1.165) is 40.7 Å². The predicted octanol–water partition coefficient (Wildman–Crippen LogP) is 3.86. The van der Waals surface area contributed by atoms with Crippen LogP contribution in [0.15, 0.2) is 48.7 Å². The van der Waals surface area contributed by atoms with Crippen LogP contribution in [0.1, 0.15) is 21.5 Å². The number of alkyl halides is 3. The quantitative estimate of drug-likeness (QED) is 0.670. The molecule has 25 heavy (non-hydrogen) atoms. The Hall–Kier alpha value is -2.96. The van der Waals surface area contributed by atoms with Gasteiger partial charge in [0.2, 0.25) is 0 Å². The van der Waals surface area contributed by atoms with Crippen molar-refractivity contribution in [1.29, 1.82) is 0 Å². The van der Waals surface area contributed by atoms with E-state index in [1.54, 1.807) is 24.4 Å². The highest BCUT2D eigenvalue weighted by atomic mass is 19.4. The summed E-state index contributed by atoms with van der Waals surface area (Å²) in [5, 5.41) is 13.1. The van der Waals surface area contributed by atoms with Gasteiger partial charge in [-0.2, -0.15) is 13.2 Å². The average Bonchev–Trinajstić information content (AvgIpc) is 2.96. The zero-order valence-electron chi connectivity index (χ0n) is 13.0. The molecule has 3 N–H and O–H groups in total. The fraction of sp³-hybridized carbons (Fsp3) is 0.167. The van der Waals surface area contributed by atoms with E-state index in [1.807, 2.05) is 0 Å². The Morgan fingerprint density at radius 3 is 2.52 bits per heavy atom. The number of hydrogen-bond donors (Lipinski definition) is 3. The fourth-order valence-electron chi connectivity index (χ4n) is 2.60. The van der Waals surface area contributed by atoms with E-state index in [0.29, 0.717) is 13.0 Å². The maximum absolute atomic E-state index is 12.5. The number of aromatic amines is 1. The molecular weight excluding hydrogens is 333 g/mol. The van der Waals surface area contributed by atoms with Crippen molar-refractivity contribution in [2.45, 2.75) is 12.6 Å². The molecule has 0 aliphatic heterocycles. The van der Waals surface area contributed by atoms with Crippen molar-refractivity contribution in [1.82, 2.24) is 10.3 Å². The molecule has 3 rings (SSSR count). The molecule has 7 heteroatoms. The lowest BCUT2D eigenvalue weighted by Gasteiger charge is -2.08. The Balaban J connectivity index is 1.60. The largest absolute Gasteiger partial charge is 0.508 e. The molecule has 0 spiro atoms. The SMILES string of the molecule is O=C(NCCc1c[nH]c2cc(O)ccc12)c1ccc(C(F)(F)F)cc1. The summed E-state index contributed by atoms with van der Waals surface area (Å²) < 4.78 is 37.5. The number of aromatic nitrogens is 1. The van der Waals surface area contributed by atoms with Crippen molar-refractivity contribution in [3.05, 3.63) is 65.4 Å². The van der Waals surface area contributed by atoms with Gasteiger partial charge >= 0.3 is 6.18 Å². The monoisotopic (exact) mass is 348 g/mol. The Labute approximate surface area is 141 Å². The second-order valence-corrected chi connectivity index (χ2v) is 5.62. The molecule has 2 aromatic carbocycles. The molecule has 130 valence electrons. The Bertz CT molecular complexity index is 899. The summed E-state index contributed by atoms with van der Waals surface area (Å²) >= 11 is 0. The number of benzene rings is 2. The molecule has 3 aromatic rings. The number of phenols is 1. The first-order chi connectivity index (χ1) is 11.8. The Morgan fingerprint density at radius 1 is 1.12 bits per heavy atom. The number of nitrogens with one attached hydrogen (secondary N) is 2. The standard InChI is InChI=1S/C18H15F3N2O2/c19-18(20,21)13-3-1-11(2-4-13)17(25)22-8-7-12-10-23-16-9-14(24)5-6-15(12)16/h1-6,9-10,23-24H,7-8H2,(H,22,25). The van der Waals surface area contributed by atoms with E-state index in [1.165, 1.54) is 0 Å². The smallest absolute Gasteiger partial charge is 0.416 e. The molecule has 0 unspecified atom stereocenters. The molecule has 1 amide bonds. The third-order valence-corrected chi connectivity index (χ3v) is 3.91. The highest BCUT2D eigenvalue weighted by molar-refractivity contribution is 5.94. The minimum Gasteiger partial charge on any atom is -0.508 e. The Morgan fingerprint density at radius 2 is 1.84 bits per heavy atom. The van der Waals surface area contributed by atoms with Crippen molar-refractivity contribution in [3.63, 3.8) is 0 Å². The molecule has 0 aliphatic carbocycles. The minimum atomic E-state index is -4.42. The van der Waals surface area contributed by atoms with Crippen molar-refractivity contribution in [3.8, 4) is 5.75 Å². The highest BCUT2D eigenvalue weighted by Crippen LogP contribution is 2.29. The van der Waals surface area contributed by atoms with Crippen LogP contribution in [0, 0.1) is 0 Å². The zero-order chi connectivity index (χ0) is 18.0. The molecule has 1 heterocycles. The van der Waals surface area contributed by atoms with Gasteiger partial charge in [0, 0.05) is 35.3 Å². The lowest BCUT2D eigenvalue weighted by atomic mass is 10.1. The minimum absolute atomic E-state index is 0.163. The number of amides is 1. The van der Waals surface area contributed by atoms with Crippen LogP contribution in [0.4, 0.5) is 13.2 Å². The second kappa shape index (κ2) is 6.51. The summed E-state index contributed by atoms with van der Waals surface area (Å²) in [5.41, 5.74) is 1.16. The lowest BCUT2D eigenvalue weighted by molar-refractivity contribution is -0.137. The molecule has 0 aliphatic rings. The van der Waals surface area contributed by atoms with Crippen LogP contribution < -0.4 is 5.32 Å². The van der Waals surface area contributed by atoms with Crippen LogP contribution >= 0.6 is 0 Å². The molecular formula is C18H15F3N2O2. The first-order valence-electron chi connectivity index (χ1n) is 7.59. The summed E-state index contributed by atoms with van der Waals surface area (Å²) in [6.07, 6.45) is -2.07. The Kier molecular flexibility index (Phi) is 4.39. The number of phenolic OH excluding ortho intramolecular Hbond substituents is 1. The zero-order valence-corrected chi connectivity index (χ0v) is 13.0. The normalized spacial score (nSPS) is 11.6. The van der Waals surface area contributed by atoms with Crippen LogP contribution in [0.25, 0.3) is 10.9 Å².